The Morgan fingerprint density at radius 2 is 2.20 bits per heavy atom. The van der Waals surface area contributed by atoms with Crippen LogP contribution in [-0.2, 0) is 13.0 Å². The first-order valence-corrected chi connectivity index (χ1v) is 7.59. The standard InChI is InChI=1S/C15H16ClNOS.ClH/c1-17-7-6-10-12(16)4-5-14-15(10)11(9-17)13(19-14)3-2-8-18;/h2-5,18H,6-9H2,1H3;1H. The quantitative estimate of drug-likeness (QED) is 0.901. The van der Waals surface area contributed by atoms with E-state index in [1.807, 2.05) is 12.1 Å². The van der Waals surface area contributed by atoms with Crippen molar-refractivity contribution in [3.05, 3.63) is 39.2 Å². The van der Waals surface area contributed by atoms with E-state index in [0.29, 0.717) is 0 Å². The zero-order valence-electron chi connectivity index (χ0n) is 11.2. The smallest absolute Gasteiger partial charge is 0.0615 e. The molecule has 0 saturated carbocycles. The summed E-state index contributed by atoms with van der Waals surface area (Å²) in [6.07, 6.45) is 4.82. The Bertz CT molecular complexity index is 651. The summed E-state index contributed by atoms with van der Waals surface area (Å²) < 4.78 is 1.29. The van der Waals surface area contributed by atoms with Crippen molar-refractivity contribution in [2.45, 2.75) is 13.0 Å². The van der Waals surface area contributed by atoms with E-state index in [1.165, 1.54) is 26.1 Å². The molecule has 0 fully saturated rings. The van der Waals surface area contributed by atoms with E-state index < -0.39 is 0 Å². The van der Waals surface area contributed by atoms with Crippen LogP contribution in [0.2, 0.25) is 5.02 Å². The van der Waals surface area contributed by atoms with E-state index >= 15 is 0 Å². The molecule has 1 aliphatic heterocycles. The maximum atomic E-state index is 8.97. The van der Waals surface area contributed by atoms with Gasteiger partial charge in [-0.15, -0.1) is 23.7 Å². The number of thiophene rings is 1. The molecule has 1 aliphatic rings. The van der Waals surface area contributed by atoms with Gasteiger partial charge in [0.25, 0.3) is 0 Å². The molecule has 0 unspecified atom stereocenters. The highest BCUT2D eigenvalue weighted by Crippen LogP contribution is 2.39. The molecule has 108 valence electrons. The monoisotopic (exact) mass is 329 g/mol. The molecule has 0 saturated heterocycles. The summed E-state index contributed by atoms with van der Waals surface area (Å²) in [5, 5.41) is 11.2. The second-order valence-electron chi connectivity index (χ2n) is 4.92. The molecule has 0 radical (unpaired) electrons. The SMILES string of the molecule is CN1CCc2c(Cl)ccc3sc(C=CCO)c(c23)C1.Cl. The normalized spacial score (nSPS) is 15.6. The molecule has 0 aliphatic carbocycles. The van der Waals surface area contributed by atoms with Gasteiger partial charge in [0.15, 0.2) is 0 Å². The van der Waals surface area contributed by atoms with E-state index in [9.17, 15) is 0 Å². The van der Waals surface area contributed by atoms with Crippen LogP contribution in [0.4, 0.5) is 0 Å². The van der Waals surface area contributed by atoms with Crippen LogP contribution < -0.4 is 0 Å². The van der Waals surface area contributed by atoms with Crippen molar-refractivity contribution in [3.8, 4) is 0 Å². The van der Waals surface area contributed by atoms with Crippen LogP contribution in [0.3, 0.4) is 0 Å². The van der Waals surface area contributed by atoms with Gasteiger partial charge in [-0.05, 0) is 42.8 Å². The second-order valence-corrected chi connectivity index (χ2v) is 6.41. The van der Waals surface area contributed by atoms with Crippen molar-refractivity contribution in [2.24, 2.45) is 0 Å². The van der Waals surface area contributed by atoms with E-state index in [4.69, 9.17) is 16.7 Å². The maximum absolute atomic E-state index is 8.97. The number of likely N-dealkylation sites (N-methyl/N-ethyl adjacent to an activating group) is 1. The largest absolute Gasteiger partial charge is 0.392 e. The number of hydrogen-bond donors (Lipinski definition) is 1. The minimum atomic E-state index is 0. The molecule has 1 aromatic carbocycles. The summed E-state index contributed by atoms with van der Waals surface area (Å²) in [5.41, 5.74) is 2.63. The average Bonchev–Trinajstić information content (AvgIpc) is 2.62. The van der Waals surface area contributed by atoms with Crippen LogP contribution in [0.15, 0.2) is 18.2 Å². The van der Waals surface area contributed by atoms with Gasteiger partial charge in [0, 0.05) is 33.1 Å². The van der Waals surface area contributed by atoms with Gasteiger partial charge in [0.05, 0.1) is 6.61 Å². The zero-order valence-corrected chi connectivity index (χ0v) is 13.6. The summed E-state index contributed by atoms with van der Waals surface area (Å²) >= 11 is 8.15. The van der Waals surface area contributed by atoms with Gasteiger partial charge in [-0.2, -0.15) is 0 Å². The van der Waals surface area contributed by atoms with E-state index in [-0.39, 0.29) is 19.0 Å². The van der Waals surface area contributed by atoms with Crippen molar-refractivity contribution in [3.63, 3.8) is 0 Å². The van der Waals surface area contributed by atoms with Gasteiger partial charge in [-0.3, -0.25) is 0 Å². The fourth-order valence-corrected chi connectivity index (χ4v) is 4.09. The first-order valence-electron chi connectivity index (χ1n) is 6.39. The molecular formula is C15H17Cl2NOS. The van der Waals surface area contributed by atoms with Crippen molar-refractivity contribution in [2.75, 3.05) is 20.2 Å². The van der Waals surface area contributed by atoms with Crippen molar-refractivity contribution in [1.29, 1.82) is 0 Å². The number of hydrogen-bond acceptors (Lipinski definition) is 3. The molecule has 0 atom stereocenters. The first-order chi connectivity index (χ1) is 9.20. The minimum absolute atomic E-state index is 0. The zero-order chi connectivity index (χ0) is 13.4. The fraction of sp³-hybridized carbons (Fsp3) is 0.333. The van der Waals surface area contributed by atoms with Gasteiger partial charge in [-0.25, -0.2) is 0 Å². The predicted molar refractivity (Wildman–Crippen MR) is 90.2 cm³/mol. The fourth-order valence-electron chi connectivity index (χ4n) is 2.67. The molecule has 0 spiro atoms. The average molecular weight is 330 g/mol. The van der Waals surface area contributed by atoms with Crippen LogP contribution in [0.25, 0.3) is 16.2 Å². The minimum Gasteiger partial charge on any atom is -0.392 e. The molecule has 2 heterocycles. The number of aliphatic hydroxyl groups is 1. The van der Waals surface area contributed by atoms with Crippen LogP contribution in [0.1, 0.15) is 16.0 Å². The molecule has 20 heavy (non-hydrogen) atoms. The summed E-state index contributed by atoms with van der Waals surface area (Å²) in [5.74, 6) is 0. The van der Waals surface area contributed by atoms with Crippen molar-refractivity contribution < 1.29 is 5.11 Å². The Labute approximate surface area is 134 Å². The Morgan fingerprint density at radius 3 is 2.95 bits per heavy atom. The molecule has 0 amide bonds. The van der Waals surface area contributed by atoms with Crippen LogP contribution >= 0.6 is 35.3 Å². The number of nitrogens with zero attached hydrogens (tertiary/aromatic N) is 1. The Kier molecular flexibility index (Phi) is 5.10. The van der Waals surface area contributed by atoms with E-state index in [1.54, 1.807) is 17.4 Å². The van der Waals surface area contributed by atoms with Gasteiger partial charge in [-0.1, -0.05) is 17.7 Å². The highest BCUT2D eigenvalue weighted by Gasteiger charge is 2.20. The Morgan fingerprint density at radius 1 is 1.40 bits per heavy atom. The van der Waals surface area contributed by atoms with Crippen LogP contribution in [0.5, 0.6) is 0 Å². The number of aliphatic hydroxyl groups excluding tert-OH is 1. The lowest BCUT2D eigenvalue weighted by Crippen LogP contribution is -2.18. The molecular weight excluding hydrogens is 313 g/mol. The van der Waals surface area contributed by atoms with Gasteiger partial charge < -0.3 is 10.0 Å². The highest BCUT2D eigenvalue weighted by molar-refractivity contribution is 7.20. The maximum Gasteiger partial charge on any atom is 0.0615 e. The van der Waals surface area contributed by atoms with Gasteiger partial charge in [0.1, 0.15) is 0 Å². The summed E-state index contributed by atoms with van der Waals surface area (Å²) in [7, 11) is 2.14. The highest BCUT2D eigenvalue weighted by atomic mass is 35.5. The topological polar surface area (TPSA) is 23.5 Å². The molecule has 1 aromatic heterocycles. The van der Waals surface area contributed by atoms with E-state index in [0.717, 1.165) is 24.5 Å². The Balaban J connectivity index is 0.00000147. The summed E-state index contributed by atoms with van der Waals surface area (Å²) in [6.45, 7) is 2.05. The first kappa shape index (κ1) is 15.8. The third-order valence-electron chi connectivity index (χ3n) is 3.58. The second kappa shape index (κ2) is 6.46. The van der Waals surface area contributed by atoms with Crippen molar-refractivity contribution >= 4 is 51.5 Å². The Hall–Kier alpha value is -0.580. The van der Waals surface area contributed by atoms with Crippen LogP contribution in [0, 0.1) is 0 Å². The van der Waals surface area contributed by atoms with Crippen LogP contribution in [-0.4, -0.2) is 30.2 Å². The van der Waals surface area contributed by atoms with E-state index in [2.05, 4.69) is 18.0 Å². The van der Waals surface area contributed by atoms with Crippen molar-refractivity contribution in [1.82, 2.24) is 4.90 Å². The summed E-state index contributed by atoms with van der Waals surface area (Å²) in [4.78, 5) is 3.56. The van der Waals surface area contributed by atoms with Gasteiger partial charge >= 0.3 is 0 Å². The number of rotatable bonds is 2. The third-order valence-corrected chi connectivity index (χ3v) is 5.10. The molecule has 5 heteroatoms. The molecule has 0 bridgehead atoms. The third kappa shape index (κ3) is 2.74. The molecule has 1 N–H and O–H groups in total. The summed E-state index contributed by atoms with van der Waals surface area (Å²) in [6, 6.07) is 4.11. The number of benzene rings is 1. The lowest BCUT2D eigenvalue weighted by atomic mass is 10.0. The lowest BCUT2D eigenvalue weighted by Gasteiger charge is -2.13. The predicted octanol–water partition coefficient (Wildman–Crippen LogP) is 3.97. The lowest BCUT2D eigenvalue weighted by molar-refractivity contribution is 0.337. The molecule has 2 nitrogen and oxygen atoms in total. The number of halogens is 2. The molecule has 2 aromatic rings. The van der Waals surface area contributed by atoms with Gasteiger partial charge in [0.2, 0.25) is 0 Å². The molecule has 3 rings (SSSR count).